The topological polar surface area (TPSA) is 145 Å². The lowest BCUT2D eigenvalue weighted by atomic mass is 10.1. The Labute approximate surface area is 189 Å². The van der Waals surface area contributed by atoms with E-state index in [9.17, 15) is 4.79 Å². The van der Waals surface area contributed by atoms with Gasteiger partial charge in [-0.05, 0) is 25.0 Å². The zero-order valence-electron chi connectivity index (χ0n) is 18.1. The Morgan fingerprint density at radius 2 is 1.94 bits per heavy atom. The van der Waals surface area contributed by atoms with E-state index < -0.39 is 6.09 Å². The number of ether oxygens (including phenoxy) is 1. The monoisotopic (exact) mass is 449 g/mol. The highest BCUT2D eigenvalue weighted by atomic mass is 16.7. The van der Waals surface area contributed by atoms with Crippen molar-refractivity contribution < 1.29 is 14.4 Å². The summed E-state index contributed by atoms with van der Waals surface area (Å²) in [7, 11) is 0. The van der Waals surface area contributed by atoms with E-state index in [1.165, 1.54) is 5.06 Å². The minimum atomic E-state index is -0.622. The van der Waals surface area contributed by atoms with Crippen molar-refractivity contribution in [1.82, 2.24) is 24.9 Å². The number of nitrogens with two attached hydrogens (primary N) is 1. The Balaban J connectivity index is 1.46. The number of pyridine rings is 1. The van der Waals surface area contributed by atoms with Crippen LogP contribution in [0.15, 0.2) is 30.9 Å². The lowest BCUT2D eigenvalue weighted by molar-refractivity contribution is 0.122. The number of nitrogen functional groups attached to an aromatic ring is 1. The van der Waals surface area contributed by atoms with Crippen LogP contribution in [0.1, 0.15) is 11.1 Å². The third kappa shape index (κ3) is 4.32. The van der Waals surface area contributed by atoms with Gasteiger partial charge >= 0.3 is 6.09 Å². The van der Waals surface area contributed by atoms with Crippen LogP contribution in [0.5, 0.6) is 0 Å². The molecule has 0 atom stereocenters. The second-order valence-electron chi connectivity index (χ2n) is 7.65. The predicted octanol–water partition coefficient (Wildman–Crippen LogP) is 1.58. The molecule has 0 bridgehead atoms. The molecule has 0 radical (unpaired) electrons. The average Bonchev–Trinajstić information content (AvgIpc) is 3.23. The van der Waals surface area contributed by atoms with Gasteiger partial charge in [0.25, 0.3) is 0 Å². The van der Waals surface area contributed by atoms with E-state index in [4.69, 9.17) is 25.3 Å². The van der Waals surface area contributed by atoms with Crippen LogP contribution >= 0.6 is 0 Å². The fourth-order valence-electron chi connectivity index (χ4n) is 3.74. The van der Waals surface area contributed by atoms with Crippen molar-refractivity contribution in [2.45, 2.75) is 13.3 Å². The van der Waals surface area contributed by atoms with Gasteiger partial charge in [-0.25, -0.2) is 19.7 Å². The van der Waals surface area contributed by atoms with Gasteiger partial charge in [-0.3, -0.25) is 10.3 Å². The van der Waals surface area contributed by atoms with E-state index in [1.54, 1.807) is 24.8 Å². The first-order chi connectivity index (χ1) is 16.1. The largest absolute Gasteiger partial charge is 0.436 e. The van der Waals surface area contributed by atoms with Crippen molar-refractivity contribution in [3.05, 3.63) is 42.0 Å². The first-order valence-electron chi connectivity index (χ1n) is 10.6. The number of carbonyl (C=O) groups excluding carboxylic acids is 1. The van der Waals surface area contributed by atoms with E-state index in [0.717, 1.165) is 16.7 Å². The summed E-state index contributed by atoms with van der Waals surface area (Å²) in [5, 5.41) is 4.22. The van der Waals surface area contributed by atoms with Gasteiger partial charge in [0, 0.05) is 42.8 Å². The van der Waals surface area contributed by atoms with Gasteiger partial charge in [0.05, 0.1) is 37.3 Å². The predicted molar refractivity (Wildman–Crippen MR) is 121 cm³/mol. The maximum absolute atomic E-state index is 12.6. The van der Waals surface area contributed by atoms with Crippen LogP contribution in [0.25, 0.3) is 11.3 Å². The van der Waals surface area contributed by atoms with Crippen LogP contribution in [0.3, 0.4) is 0 Å². The van der Waals surface area contributed by atoms with Crippen LogP contribution in [0, 0.1) is 6.92 Å². The summed E-state index contributed by atoms with van der Waals surface area (Å²) in [5.41, 5.74) is 9.38. The molecule has 5 rings (SSSR count). The molecule has 0 aliphatic carbocycles. The van der Waals surface area contributed by atoms with Crippen LogP contribution in [-0.4, -0.2) is 63.9 Å². The third-order valence-corrected chi connectivity index (χ3v) is 5.48. The number of nitrogens with one attached hydrogen (secondary N) is 1. The summed E-state index contributed by atoms with van der Waals surface area (Å²) in [4.78, 5) is 42.1. The SMILES string of the molecule is Cc1ccncc1NC(=O)ON1CCc2c(-c3cnc(N)nc3)nc(N3CCOCC3)nc21. The summed E-state index contributed by atoms with van der Waals surface area (Å²) in [6.07, 6.45) is 6.48. The van der Waals surface area contributed by atoms with E-state index in [-0.39, 0.29) is 5.95 Å². The lowest BCUT2D eigenvalue weighted by Gasteiger charge is -2.28. The number of nitrogens with zero attached hydrogens (tertiary/aromatic N) is 7. The van der Waals surface area contributed by atoms with Crippen LogP contribution in [-0.2, 0) is 16.0 Å². The molecular weight excluding hydrogens is 426 g/mol. The number of hydrogen-bond acceptors (Lipinski definition) is 11. The molecule has 33 heavy (non-hydrogen) atoms. The number of aryl methyl sites for hydroxylation is 1. The highest BCUT2D eigenvalue weighted by molar-refractivity contribution is 5.86. The Kier molecular flexibility index (Phi) is 5.57. The molecule has 3 N–H and O–H groups in total. The van der Waals surface area contributed by atoms with Crippen LogP contribution < -0.4 is 21.0 Å². The fraction of sp³-hybridized carbons (Fsp3) is 0.333. The van der Waals surface area contributed by atoms with Crippen molar-refractivity contribution in [3.63, 3.8) is 0 Å². The number of aromatic nitrogens is 5. The maximum Gasteiger partial charge on any atom is 0.436 e. The number of hydroxylamine groups is 1. The number of amides is 1. The Bertz CT molecular complexity index is 1170. The standard InChI is InChI=1S/C21H23N9O3/c1-13-2-4-23-12-16(13)26-21(31)33-30-5-3-15-17(14-10-24-19(22)25-11-14)27-20(28-18(15)30)29-6-8-32-9-7-29/h2,4,10-12H,3,5-9H2,1H3,(H,26,31)(H2,22,24,25). The van der Waals surface area contributed by atoms with Gasteiger partial charge in [-0.1, -0.05) is 0 Å². The second-order valence-corrected chi connectivity index (χ2v) is 7.65. The van der Waals surface area contributed by atoms with Gasteiger partial charge in [-0.15, -0.1) is 0 Å². The molecule has 3 aromatic rings. The first-order valence-corrected chi connectivity index (χ1v) is 10.6. The quantitative estimate of drug-likeness (QED) is 0.599. The second kappa shape index (κ2) is 8.82. The third-order valence-electron chi connectivity index (χ3n) is 5.48. The minimum Gasteiger partial charge on any atom is -0.378 e. The number of rotatable bonds is 4. The molecule has 0 saturated carbocycles. The normalized spacial score (nSPS) is 15.3. The van der Waals surface area contributed by atoms with E-state index in [0.29, 0.717) is 62.4 Å². The maximum atomic E-state index is 12.6. The van der Waals surface area contributed by atoms with E-state index in [1.807, 2.05) is 17.9 Å². The summed E-state index contributed by atoms with van der Waals surface area (Å²) in [6, 6.07) is 1.81. The molecule has 12 nitrogen and oxygen atoms in total. The zero-order valence-corrected chi connectivity index (χ0v) is 18.1. The fourth-order valence-corrected chi connectivity index (χ4v) is 3.74. The summed E-state index contributed by atoms with van der Waals surface area (Å²) < 4.78 is 5.46. The van der Waals surface area contributed by atoms with Gasteiger partial charge in [-0.2, -0.15) is 10.0 Å². The van der Waals surface area contributed by atoms with Crippen molar-refractivity contribution >= 4 is 29.5 Å². The Hall–Kier alpha value is -4.06. The van der Waals surface area contributed by atoms with Crippen molar-refractivity contribution in [2.75, 3.05) is 53.9 Å². The number of morpholine rings is 1. The van der Waals surface area contributed by atoms with E-state index in [2.05, 4.69) is 20.3 Å². The summed E-state index contributed by atoms with van der Waals surface area (Å²) in [5.74, 6) is 1.25. The molecule has 1 fully saturated rings. The Morgan fingerprint density at radius 3 is 2.70 bits per heavy atom. The number of fused-ring (bicyclic) bond motifs is 1. The molecule has 5 heterocycles. The van der Waals surface area contributed by atoms with Gasteiger partial charge in [0.15, 0.2) is 5.82 Å². The zero-order chi connectivity index (χ0) is 22.8. The molecule has 1 saturated heterocycles. The molecule has 12 heteroatoms. The first kappa shape index (κ1) is 20.8. The number of carbonyl (C=O) groups is 1. The summed E-state index contributed by atoms with van der Waals surface area (Å²) in [6.45, 7) is 4.84. The van der Waals surface area contributed by atoms with Crippen LogP contribution in [0.2, 0.25) is 0 Å². The van der Waals surface area contributed by atoms with Gasteiger partial charge < -0.3 is 20.2 Å². The van der Waals surface area contributed by atoms with Crippen molar-refractivity contribution in [3.8, 4) is 11.3 Å². The molecule has 3 aromatic heterocycles. The number of anilines is 4. The summed E-state index contributed by atoms with van der Waals surface area (Å²) >= 11 is 0. The minimum absolute atomic E-state index is 0.185. The van der Waals surface area contributed by atoms with Crippen molar-refractivity contribution in [2.24, 2.45) is 0 Å². The highest BCUT2D eigenvalue weighted by Gasteiger charge is 2.31. The Morgan fingerprint density at radius 1 is 1.15 bits per heavy atom. The lowest BCUT2D eigenvalue weighted by Crippen LogP contribution is -2.37. The average molecular weight is 449 g/mol. The van der Waals surface area contributed by atoms with Crippen molar-refractivity contribution in [1.29, 1.82) is 0 Å². The molecule has 2 aliphatic heterocycles. The molecular formula is C21H23N9O3. The molecule has 0 unspecified atom stereocenters. The highest BCUT2D eigenvalue weighted by Crippen LogP contribution is 2.35. The molecule has 0 spiro atoms. The molecule has 2 aliphatic rings. The number of hydrogen-bond donors (Lipinski definition) is 2. The van der Waals surface area contributed by atoms with Crippen LogP contribution in [0.4, 0.5) is 28.2 Å². The smallest absolute Gasteiger partial charge is 0.378 e. The van der Waals surface area contributed by atoms with Gasteiger partial charge in [0.1, 0.15) is 0 Å². The molecule has 1 amide bonds. The van der Waals surface area contributed by atoms with E-state index >= 15 is 0 Å². The molecule has 0 aromatic carbocycles. The van der Waals surface area contributed by atoms with Gasteiger partial charge in [0.2, 0.25) is 11.9 Å². The molecule has 170 valence electrons.